The molecule has 2 aliphatic carbocycles. The lowest BCUT2D eigenvalue weighted by atomic mass is 9.97. The first-order valence-electron chi connectivity index (χ1n) is 4.32. The number of allylic oxidation sites excluding steroid dienone is 2. The minimum atomic E-state index is 0.656. The van der Waals surface area contributed by atoms with E-state index in [2.05, 4.69) is 24.3 Å². The van der Waals surface area contributed by atoms with E-state index in [4.69, 9.17) is 11.6 Å². The Morgan fingerprint density at radius 2 is 1.83 bits per heavy atom. The highest BCUT2D eigenvalue weighted by Gasteiger charge is 2.32. The fourth-order valence-corrected chi connectivity index (χ4v) is 2.55. The van der Waals surface area contributed by atoms with E-state index in [-0.39, 0.29) is 0 Å². The first-order chi connectivity index (χ1) is 5.84. The van der Waals surface area contributed by atoms with Crippen molar-refractivity contribution in [2.45, 2.75) is 18.3 Å². The van der Waals surface area contributed by atoms with Crippen molar-refractivity contribution in [1.82, 2.24) is 0 Å². The molecule has 0 spiro atoms. The molecule has 60 valence electrons. The van der Waals surface area contributed by atoms with Crippen molar-refractivity contribution in [1.29, 1.82) is 0 Å². The Morgan fingerprint density at radius 1 is 1.08 bits per heavy atom. The van der Waals surface area contributed by atoms with Gasteiger partial charge in [0.1, 0.15) is 0 Å². The molecule has 0 unspecified atom stereocenters. The number of hydrogen-bond acceptors (Lipinski definition) is 0. The highest BCUT2D eigenvalue weighted by Crippen LogP contribution is 2.48. The van der Waals surface area contributed by atoms with Crippen molar-refractivity contribution in [3.05, 3.63) is 46.5 Å². The number of benzene rings is 1. The summed E-state index contributed by atoms with van der Waals surface area (Å²) in [4.78, 5) is 0. The molecule has 1 heteroatoms. The maximum atomic E-state index is 5.94. The van der Waals surface area contributed by atoms with Crippen LogP contribution in [-0.2, 0) is 0 Å². The molecule has 2 aliphatic rings. The summed E-state index contributed by atoms with van der Waals surface area (Å²) in [5.41, 5.74) is 2.95. The molecule has 0 amide bonds. The zero-order chi connectivity index (χ0) is 8.13. The van der Waals surface area contributed by atoms with Crippen LogP contribution in [0.4, 0.5) is 0 Å². The highest BCUT2D eigenvalue weighted by atomic mass is 35.5. The lowest BCUT2D eigenvalue weighted by Gasteiger charge is -2.09. The maximum Gasteiger partial charge on any atom is 0.0409 e. The van der Waals surface area contributed by atoms with E-state index in [0.29, 0.717) is 11.8 Å². The minimum absolute atomic E-state index is 0.656. The average Bonchev–Trinajstić information content (AvgIpc) is 2.63. The van der Waals surface area contributed by atoms with Gasteiger partial charge in [0, 0.05) is 16.9 Å². The van der Waals surface area contributed by atoms with Crippen molar-refractivity contribution in [3.63, 3.8) is 0 Å². The lowest BCUT2D eigenvalue weighted by molar-refractivity contribution is 0.804. The topological polar surface area (TPSA) is 0 Å². The molecule has 0 fully saturated rings. The van der Waals surface area contributed by atoms with Crippen LogP contribution < -0.4 is 0 Å². The van der Waals surface area contributed by atoms with Gasteiger partial charge in [-0.3, -0.25) is 0 Å². The Kier molecular flexibility index (Phi) is 1.20. The van der Waals surface area contributed by atoms with E-state index in [1.165, 1.54) is 17.5 Å². The van der Waals surface area contributed by atoms with E-state index in [1.807, 2.05) is 6.07 Å². The molecule has 12 heavy (non-hydrogen) atoms. The van der Waals surface area contributed by atoms with Gasteiger partial charge in [-0.15, -0.1) is 0 Å². The fourth-order valence-electron chi connectivity index (χ4n) is 2.36. The van der Waals surface area contributed by atoms with Crippen LogP contribution in [0.25, 0.3) is 0 Å². The second-order valence-corrected chi connectivity index (χ2v) is 4.04. The Hall–Kier alpha value is -0.750. The maximum absolute atomic E-state index is 5.94. The molecule has 0 saturated carbocycles. The van der Waals surface area contributed by atoms with Gasteiger partial charge in [-0.25, -0.2) is 0 Å². The van der Waals surface area contributed by atoms with Gasteiger partial charge in [0.15, 0.2) is 0 Å². The van der Waals surface area contributed by atoms with E-state index < -0.39 is 0 Å². The second kappa shape index (κ2) is 2.14. The number of halogens is 1. The van der Waals surface area contributed by atoms with Gasteiger partial charge < -0.3 is 0 Å². The second-order valence-electron chi connectivity index (χ2n) is 3.61. The quantitative estimate of drug-likeness (QED) is 0.531. The van der Waals surface area contributed by atoms with Crippen LogP contribution in [0.1, 0.15) is 29.4 Å². The standard InChI is InChI=1S/C11H9Cl/c12-9-3-4-10-7-1-2-8(5-7)11(10)6-9/h1-4,6-8H,5H2/t7-,8-/m0/s1. The van der Waals surface area contributed by atoms with Crippen LogP contribution in [-0.4, -0.2) is 0 Å². The van der Waals surface area contributed by atoms with Crippen LogP contribution in [0.2, 0.25) is 5.02 Å². The van der Waals surface area contributed by atoms with Crippen molar-refractivity contribution in [2.75, 3.05) is 0 Å². The summed E-state index contributed by atoms with van der Waals surface area (Å²) in [5, 5.41) is 0.870. The minimum Gasteiger partial charge on any atom is -0.0843 e. The Labute approximate surface area is 76.9 Å². The van der Waals surface area contributed by atoms with Crippen LogP contribution >= 0.6 is 11.6 Å². The molecule has 0 nitrogen and oxygen atoms in total. The third kappa shape index (κ3) is 0.736. The first kappa shape index (κ1) is 6.73. The summed E-state index contributed by atoms with van der Waals surface area (Å²) in [6.45, 7) is 0. The summed E-state index contributed by atoms with van der Waals surface area (Å²) < 4.78 is 0. The zero-order valence-electron chi connectivity index (χ0n) is 6.63. The molecule has 0 aliphatic heterocycles. The molecule has 0 radical (unpaired) electrons. The monoisotopic (exact) mass is 176 g/mol. The third-order valence-corrected chi connectivity index (χ3v) is 3.17. The number of rotatable bonds is 0. The summed E-state index contributed by atoms with van der Waals surface area (Å²) in [5.74, 6) is 1.34. The van der Waals surface area contributed by atoms with Gasteiger partial charge >= 0.3 is 0 Å². The predicted molar refractivity (Wildman–Crippen MR) is 50.7 cm³/mol. The smallest absolute Gasteiger partial charge is 0.0409 e. The molecule has 3 rings (SSSR count). The van der Waals surface area contributed by atoms with Gasteiger partial charge in [0.25, 0.3) is 0 Å². The van der Waals surface area contributed by atoms with Gasteiger partial charge in [0.05, 0.1) is 0 Å². The predicted octanol–water partition coefficient (Wildman–Crippen LogP) is 3.48. The Balaban J connectivity index is 2.24. The van der Waals surface area contributed by atoms with E-state index in [0.717, 1.165) is 5.02 Å². The normalized spacial score (nSPS) is 29.4. The van der Waals surface area contributed by atoms with Crippen molar-refractivity contribution in [3.8, 4) is 0 Å². The Bertz CT molecular complexity index is 365. The molecule has 1 aromatic carbocycles. The van der Waals surface area contributed by atoms with Gasteiger partial charge in [0.2, 0.25) is 0 Å². The summed E-state index contributed by atoms with van der Waals surface area (Å²) in [6, 6.07) is 6.28. The van der Waals surface area contributed by atoms with Crippen LogP contribution in [0.3, 0.4) is 0 Å². The average molecular weight is 177 g/mol. The van der Waals surface area contributed by atoms with Gasteiger partial charge in [-0.2, -0.15) is 0 Å². The van der Waals surface area contributed by atoms with Crippen LogP contribution in [0.5, 0.6) is 0 Å². The molecule has 0 N–H and O–H groups in total. The third-order valence-electron chi connectivity index (χ3n) is 2.93. The molecular formula is C11H9Cl. The Morgan fingerprint density at radius 3 is 2.67 bits per heavy atom. The van der Waals surface area contributed by atoms with E-state index >= 15 is 0 Å². The molecule has 1 aromatic rings. The summed E-state index contributed by atoms with van der Waals surface area (Å²) in [7, 11) is 0. The molecule has 0 aromatic heterocycles. The van der Waals surface area contributed by atoms with Crippen molar-refractivity contribution >= 4 is 11.6 Å². The van der Waals surface area contributed by atoms with Crippen molar-refractivity contribution < 1.29 is 0 Å². The lowest BCUT2D eigenvalue weighted by Crippen LogP contribution is -1.91. The first-order valence-corrected chi connectivity index (χ1v) is 4.70. The molecule has 0 saturated heterocycles. The fraction of sp³-hybridized carbons (Fsp3) is 0.273. The molecular weight excluding hydrogens is 168 g/mol. The molecule has 2 bridgehead atoms. The zero-order valence-corrected chi connectivity index (χ0v) is 7.38. The SMILES string of the molecule is Clc1ccc2c(c1)[C@H]1C=C[C@H]2C1. The largest absolute Gasteiger partial charge is 0.0843 e. The van der Waals surface area contributed by atoms with E-state index in [1.54, 1.807) is 0 Å². The van der Waals surface area contributed by atoms with Gasteiger partial charge in [-0.05, 0) is 29.7 Å². The highest BCUT2D eigenvalue weighted by molar-refractivity contribution is 6.30. The van der Waals surface area contributed by atoms with Gasteiger partial charge in [-0.1, -0.05) is 29.8 Å². The number of hydrogen-bond donors (Lipinski definition) is 0. The van der Waals surface area contributed by atoms with E-state index in [9.17, 15) is 0 Å². The van der Waals surface area contributed by atoms with Crippen LogP contribution in [0.15, 0.2) is 30.4 Å². The molecule has 2 atom stereocenters. The molecule has 0 heterocycles. The summed E-state index contributed by atoms with van der Waals surface area (Å²) >= 11 is 5.94. The van der Waals surface area contributed by atoms with Crippen LogP contribution in [0, 0.1) is 0 Å². The number of fused-ring (bicyclic) bond motifs is 5. The summed E-state index contributed by atoms with van der Waals surface area (Å²) in [6.07, 6.45) is 5.90. The van der Waals surface area contributed by atoms with Crippen molar-refractivity contribution in [2.24, 2.45) is 0 Å².